The third kappa shape index (κ3) is 4.90. The average Bonchev–Trinajstić information content (AvgIpc) is 2.61. The van der Waals surface area contributed by atoms with Gasteiger partial charge in [-0.3, -0.25) is 9.69 Å². The standard InChI is InChI=1S/C19H22N2O3S/c1-21(12-14-6-7-17-18(10-14)24-9-8-23-17)13-19(22)20-15-4-3-5-16(11-15)25-2/h3-7,10-11H,8-9,12-13H2,1-2H3,(H,20,22). The highest BCUT2D eigenvalue weighted by Crippen LogP contribution is 2.31. The third-order valence-electron chi connectivity index (χ3n) is 3.83. The molecule has 25 heavy (non-hydrogen) atoms. The van der Waals surface area contributed by atoms with Gasteiger partial charge >= 0.3 is 0 Å². The van der Waals surface area contributed by atoms with E-state index in [2.05, 4.69) is 5.32 Å². The lowest BCUT2D eigenvalue weighted by atomic mass is 10.2. The first-order valence-corrected chi connectivity index (χ1v) is 9.37. The number of thioether (sulfide) groups is 1. The van der Waals surface area contributed by atoms with E-state index in [9.17, 15) is 4.79 Å². The van der Waals surface area contributed by atoms with Crippen molar-refractivity contribution < 1.29 is 14.3 Å². The Morgan fingerprint density at radius 3 is 2.76 bits per heavy atom. The Balaban J connectivity index is 1.54. The maximum atomic E-state index is 12.2. The van der Waals surface area contributed by atoms with Gasteiger partial charge in [0.25, 0.3) is 0 Å². The number of hydrogen-bond donors (Lipinski definition) is 1. The van der Waals surface area contributed by atoms with Crippen LogP contribution in [0.1, 0.15) is 5.56 Å². The molecule has 1 N–H and O–H groups in total. The summed E-state index contributed by atoms with van der Waals surface area (Å²) in [5.74, 6) is 1.53. The summed E-state index contributed by atoms with van der Waals surface area (Å²) in [5, 5.41) is 2.94. The second kappa shape index (κ2) is 8.27. The molecule has 1 aliphatic rings. The normalized spacial score (nSPS) is 12.9. The summed E-state index contributed by atoms with van der Waals surface area (Å²) < 4.78 is 11.1. The molecule has 0 spiro atoms. The van der Waals surface area contributed by atoms with Crippen molar-refractivity contribution in [1.82, 2.24) is 4.90 Å². The van der Waals surface area contributed by atoms with Gasteiger partial charge in [0.1, 0.15) is 13.2 Å². The first-order valence-electron chi connectivity index (χ1n) is 8.15. The number of amides is 1. The van der Waals surface area contributed by atoms with Crippen LogP contribution in [0.3, 0.4) is 0 Å². The summed E-state index contributed by atoms with van der Waals surface area (Å²) in [4.78, 5) is 15.3. The van der Waals surface area contributed by atoms with Crippen molar-refractivity contribution in [2.75, 3.05) is 38.4 Å². The number of rotatable bonds is 6. The van der Waals surface area contributed by atoms with Crippen molar-refractivity contribution in [3.63, 3.8) is 0 Å². The molecule has 0 bridgehead atoms. The topological polar surface area (TPSA) is 50.8 Å². The van der Waals surface area contributed by atoms with Crippen LogP contribution in [0.15, 0.2) is 47.4 Å². The summed E-state index contributed by atoms with van der Waals surface area (Å²) in [7, 11) is 1.93. The van der Waals surface area contributed by atoms with Crippen LogP contribution < -0.4 is 14.8 Å². The first kappa shape index (κ1) is 17.6. The summed E-state index contributed by atoms with van der Waals surface area (Å²) >= 11 is 1.65. The molecule has 0 radical (unpaired) electrons. The van der Waals surface area contributed by atoms with Crippen molar-refractivity contribution in [1.29, 1.82) is 0 Å². The Bertz CT molecular complexity index is 751. The molecule has 1 amide bonds. The van der Waals surface area contributed by atoms with E-state index in [1.54, 1.807) is 11.8 Å². The monoisotopic (exact) mass is 358 g/mol. The molecule has 0 atom stereocenters. The maximum Gasteiger partial charge on any atom is 0.238 e. The Morgan fingerprint density at radius 1 is 1.16 bits per heavy atom. The Hall–Kier alpha value is -2.18. The fourth-order valence-electron chi connectivity index (χ4n) is 2.70. The molecule has 3 rings (SSSR count). The van der Waals surface area contributed by atoms with Crippen molar-refractivity contribution in [2.45, 2.75) is 11.4 Å². The van der Waals surface area contributed by atoms with Crippen LogP contribution in [0.2, 0.25) is 0 Å². The molecular formula is C19H22N2O3S. The molecule has 0 saturated heterocycles. The van der Waals surface area contributed by atoms with E-state index in [-0.39, 0.29) is 5.91 Å². The summed E-state index contributed by atoms with van der Waals surface area (Å²) in [5.41, 5.74) is 1.91. The molecule has 1 heterocycles. The molecule has 0 saturated carbocycles. The number of ether oxygens (including phenoxy) is 2. The molecule has 1 aliphatic heterocycles. The minimum absolute atomic E-state index is 0.0294. The van der Waals surface area contributed by atoms with E-state index in [0.29, 0.717) is 26.3 Å². The van der Waals surface area contributed by atoms with Crippen LogP contribution in [-0.2, 0) is 11.3 Å². The van der Waals surface area contributed by atoms with Crippen LogP contribution in [0.25, 0.3) is 0 Å². The second-order valence-electron chi connectivity index (χ2n) is 5.93. The lowest BCUT2D eigenvalue weighted by molar-refractivity contribution is -0.117. The van der Waals surface area contributed by atoms with Gasteiger partial charge < -0.3 is 14.8 Å². The Kier molecular flexibility index (Phi) is 5.83. The number of carbonyl (C=O) groups is 1. The zero-order valence-corrected chi connectivity index (χ0v) is 15.3. The third-order valence-corrected chi connectivity index (χ3v) is 4.55. The van der Waals surface area contributed by atoms with E-state index in [0.717, 1.165) is 27.6 Å². The summed E-state index contributed by atoms with van der Waals surface area (Å²) in [6.07, 6.45) is 2.02. The van der Waals surface area contributed by atoms with Gasteiger partial charge in [-0.1, -0.05) is 12.1 Å². The zero-order chi connectivity index (χ0) is 17.6. The van der Waals surface area contributed by atoms with Crippen LogP contribution in [0, 0.1) is 0 Å². The first-order chi connectivity index (χ1) is 12.1. The van der Waals surface area contributed by atoms with Crippen molar-refractivity contribution in [2.24, 2.45) is 0 Å². The molecule has 2 aromatic rings. The molecular weight excluding hydrogens is 336 g/mol. The number of hydrogen-bond acceptors (Lipinski definition) is 5. The number of benzene rings is 2. The Morgan fingerprint density at radius 2 is 1.96 bits per heavy atom. The van der Waals surface area contributed by atoms with Gasteiger partial charge in [-0.15, -0.1) is 11.8 Å². The zero-order valence-electron chi connectivity index (χ0n) is 14.5. The minimum atomic E-state index is -0.0294. The van der Waals surface area contributed by atoms with Gasteiger partial charge in [-0.25, -0.2) is 0 Å². The van der Waals surface area contributed by atoms with Gasteiger partial charge in [0.05, 0.1) is 6.54 Å². The highest BCUT2D eigenvalue weighted by molar-refractivity contribution is 7.98. The average molecular weight is 358 g/mol. The van der Waals surface area contributed by atoms with Crippen LogP contribution in [0.5, 0.6) is 11.5 Å². The molecule has 132 valence electrons. The van der Waals surface area contributed by atoms with Crippen molar-refractivity contribution in [3.05, 3.63) is 48.0 Å². The fraction of sp³-hybridized carbons (Fsp3) is 0.316. The van der Waals surface area contributed by atoms with Crippen molar-refractivity contribution >= 4 is 23.4 Å². The van der Waals surface area contributed by atoms with Crippen LogP contribution in [-0.4, -0.2) is 43.9 Å². The molecule has 0 aliphatic carbocycles. The lowest BCUT2D eigenvalue weighted by Gasteiger charge is -2.21. The molecule has 2 aromatic carbocycles. The summed E-state index contributed by atoms with van der Waals surface area (Å²) in [6, 6.07) is 13.7. The van der Waals surface area contributed by atoms with E-state index in [1.165, 1.54) is 0 Å². The number of likely N-dealkylation sites (N-methyl/N-ethyl adjacent to an activating group) is 1. The van der Waals surface area contributed by atoms with E-state index >= 15 is 0 Å². The largest absolute Gasteiger partial charge is 0.486 e. The number of anilines is 1. The van der Waals surface area contributed by atoms with Crippen molar-refractivity contribution in [3.8, 4) is 11.5 Å². The predicted octanol–water partition coefficient (Wildman–Crippen LogP) is 3.25. The van der Waals surface area contributed by atoms with Gasteiger partial charge in [0, 0.05) is 17.1 Å². The molecule has 0 aromatic heterocycles. The van der Waals surface area contributed by atoms with Gasteiger partial charge in [0.15, 0.2) is 11.5 Å². The minimum Gasteiger partial charge on any atom is -0.486 e. The lowest BCUT2D eigenvalue weighted by Crippen LogP contribution is -2.29. The SMILES string of the molecule is CSc1cccc(NC(=O)CN(C)Cc2ccc3c(c2)OCCO3)c1. The van der Waals surface area contributed by atoms with E-state index in [4.69, 9.17) is 9.47 Å². The maximum absolute atomic E-state index is 12.2. The van der Waals surface area contributed by atoms with Gasteiger partial charge in [-0.2, -0.15) is 0 Å². The predicted molar refractivity (Wildman–Crippen MR) is 101 cm³/mol. The number of nitrogens with zero attached hydrogens (tertiary/aromatic N) is 1. The van der Waals surface area contributed by atoms with E-state index < -0.39 is 0 Å². The van der Waals surface area contributed by atoms with E-state index in [1.807, 2.05) is 60.7 Å². The van der Waals surface area contributed by atoms with Gasteiger partial charge in [-0.05, 0) is 49.2 Å². The fourth-order valence-corrected chi connectivity index (χ4v) is 3.16. The Labute approximate surface area is 152 Å². The highest BCUT2D eigenvalue weighted by Gasteiger charge is 2.13. The van der Waals surface area contributed by atoms with Gasteiger partial charge in [0.2, 0.25) is 5.91 Å². The quantitative estimate of drug-likeness (QED) is 0.804. The highest BCUT2D eigenvalue weighted by atomic mass is 32.2. The number of fused-ring (bicyclic) bond motifs is 1. The number of nitrogens with one attached hydrogen (secondary N) is 1. The summed E-state index contributed by atoms with van der Waals surface area (Å²) in [6.45, 7) is 2.14. The van der Waals surface area contributed by atoms with Crippen LogP contribution >= 0.6 is 11.8 Å². The second-order valence-corrected chi connectivity index (χ2v) is 6.81. The molecule has 5 nitrogen and oxygen atoms in total. The van der Waals surface area contributed by atoms with Crippen LogP contribution in [0.4, 0.5) is 5.69 Å². The molecule has 0 unspecified atom stereocenters. The number of carbonyl (C=O) groups excluding carboxylic acids is 1. The molecule has 6 heteroatoms. The smallest absolute Gasteiger partial charge is 0.238 e. The molecule has 0 fully saturated rings.